The van der Waals surface area contributed by atoms with Crippen LogP contribution < -0.4 is 10.2 Å². The summed E-state index contributed by atoms with van der Waals surface area (Å²) in [7, 11) is 0. The largest absolute Gasteiger partial charge is 0.467 e. The molecule has 3 rings (SSSR count). The highest BCUT2D eigenvalue weighted by molar-refractivity contribution is 6.43. The van der Waals surface area contributed by atoms with Gasteiger partial charge in [0.2, 0.25) is 0 Å². The molecule has 0 aliphatic carbocycles. The van der Waals surface area contributed by atoms with Gasteiger partial charge in [0.1, 0.15) is 5.76 Å². The average Bonchev–Trinajstić information content (AvgIpc) is 3.09. The van der Waals surface area contributed by atoms with Crippen LogP contribution in [0.25, 0.3) is 0 Å². The molecule has 7 heteroatoms. The van der Waals surface area contributed by atoms with E-state index in [4.69, 9.17) is 27.6 Å². The van der Waals surface area contributed by atoms with Gasteiger partial charge in [-0.1, -0.05) is 29.3 Å². The van der Waals surface area contributed by atoms with Crippen molar-refractivity contribution in [1.29, 1.82) is 0 Å². The molecule has 2 heterocycles. The number of benzene rings is 1. The highest BCUT2D eigenvalue weighted by atomic mass is 35.5. The summed E-state index contributed by atoms with van der Waals surface area (Å²) in [5.41, 5.74) is 0.912. The maximum atomic E-state index is 12.2. The lowest BCUT2D eigenvalue weighted by Crippen LogP contribution is -2.51. The second-order valence-electron chi connectivity index (χ2n) is 5.29. The van der Waals surface area contributed by atoms with Crippen molar-refractivity contribution in [3.63, 3.8) is 0 Å². The number of halogens is 2. The summed E-state index contributed by atoms with van der Waals surface area (Å²) in [6.07, 6.45) is 1.59. The zero-order chi connectivity index (χ0) is 16.2. The zero-order valence-corrected chi connectivity index (χ0v) is 14.0. The molecule has 2 amide bonds. The molecule has 0 radical (unpaired) electrons. The van der Waals surface area contributed by atoms with E-state index in [9.17, 15) is 4.79 Å². The summed E-state index contributed by atoms with van der Waals surface area (Å²) in [4.78, 5) is 16.1. The van der Waals surface area contributed by atoms with Crippen molar-refractivity contribution in [3.05, 3.63) is 52.4 Å². The topological polar surface area (TPSA) is 48.7 Å². The number of nitrogens with zero attached hydrogens (tertiary/aromatic N) is 2. The fraction of sp³-hybridized carbons (Fsp3) is 0.312. The first-order valence-corrected chi connectivity index (χ1v) is 8.15. The minimum absolute atomic E-state index is 0.0850. The van der Waals surface area contributed by atoms with Crippen LogP contribution in [0, 0.1) is 0 Å². The smallest absolute Gasteiger partial charge is 0.317 e. The number of anilines is 1. The SMILES string of the molecule is O=C(NCc1ccco1)N1CCN(c2cccc(Cl)c2Cl)CC1. The van der Waals surface area contributed by atoms with Gasteiger partial charge in [-0.15, -0.1) is 0 Å². The Bertz CT molecular complexity index is 668. The summed E-state index contributed by atoms with van der Waals surface area (Å²) < 4.78 is 5.20. The summed E-state index contributed by atoms with van der Waals surface area (Å²) >= 11 is 12.3. The number of piperazine rings is 1. The lowest BCUT2D eigenvalue weighted by atomic mass is 10.2. The molecule has 5 nitrogen and oxygen atoms in total. The van der Waals surface area contributed by atoms with E-state index in [-0.39, 0.29) is 6.03 Å². The fourth-order valence-corrected chi connectivity index (χ4v) is 2.99. The van der Waals surface area contributed by atoms with Gasteiger partial charge in [0.15, 0.2) is 0 Å². The van der Waals surface area contributed by atoms with Crippen molar-refractivity contribution in [1.82, 2.24) is 10.2 Å². The van der Waals surface area contributed by atoms with Crippen molar-refractivity contribution in [2.24, 2.45) is 0 Å². The Morgan fingerprint density at radius 1 is 1.13 bits per heavy atom. The van der Waals surface area contributed by atoms with Gasteiger partial charge >= 0.3 is 6.03 Å². The Labute approximate surface area is 144 Å². The van der Waals surface area contributed by atoms with E-state index in [0.717, 1.165) is 11.4 Å². The minimum atomic E-state index is -0.0850. The van der Waals surface area contributed by atoms with Crippen LogP contribution in [0.15, 0.2) is 41.0 Å². The van der Waals surface area contributed by atoms with Crippen LogP contribution >= 0.6 is 23.2 Å². The molecule has 2 aromatic rings. The van der Waals surface area contributed by atoms with Gasteiger partial charge in [0, 0.05) is 26.2 Å². The van der Waals surface area contributed by atoms with E-state index >= 15 is 0 Å². The van der Waals surface area contributed by atoms with Gasteiger partial charge in [-0.2, -0.15) is 0 Å². The van der Waals surface area contributed by atoms with E-state index in [1.54, 1.807) is 23.3 Å². The lowest BCUT2D eigenvalue weighted by Gasteiger charge is -2.36. The monoisotopic (exact) mass is 353 g/mol. The molecule has 1 saturated heterocycles. The van der Waals surface area contributed by atoms with Gasteiger partial charge in [0.25, 0.3) is 0 Å². The van der Waals surface area contributed by atoms with E-state index in [1.165, 1.54) is 0 Å². The van der Waals surface area contributed by atoms with Crippen molar-refractivity contribution < 1.29 is 9.21 Å². The highest BCUT2D eigenvalue weighted by Gasteiger charge is 2.22. The van der Waals surface area contributed by atoms with Gasteiger partial charge in [0.05, 0.1) is 28.5 Å². The van der Waals surface area contributed by atoms with Gasteiger partial charge in [-0.25, -0.2) is 4.79 Å². The first-order valence-electron chi connectivity index (χ1n) is 7.39. The van der Waals surface area contributed by atoms with Gasteiger partial charge in [-0.05, 0) is 24.3 Å². The van der Waals surface area contributed by atoms with E-state index < -0.39 is 0 Å². The Morgan fingerprint density at radius 3 is 2.61 bits per heavy atom. The summed E-state index contributed by atoms with van der Waals surface area (Å²) in [6, 6.07) is 9.14. The maximum Gasteiger partial charge on any atom is 0.317 e. The van der Waals surface area contributed by atoms with Gasteiger partial charge < -0.3 is 19.5 Å². The summed E-state index contributed by atoms with van der Waals surface area (Å²) in [5, 5.41) is 3.96. The molecule has 1 aromatic carbocycles. The number of amides is 2. The predicted molar refractivity (Wildman–Crippen MR) is 91.2 cm³/mol. The summed E-state index contributed by atoms with van der Waals surface area (Å²) in [5.74, 6) is 0.739. The number of nitrogens with one attached hydrogen (secondary N) is 1. The Morgan fingerprint density at radius 2 is 1.91 bits per heavy atom. The standard InChI is InChI=1S/C16H17Cl2N3O2/c17-13-4-1-5-14(15(13)18)20-6-8-21(9-7-20)16(22)19-11-12-3-2-10-23-12/h1-5,10H,6-9,11H2,(H,19,22). The first-order chi connectivity index (χ1) is 11.1. The maximum absolute atomic E-state index is 12.2. The number of urea groups is 1. The van der Waals surface area contributed by atoms with Crippen molar-refractivity contribution in [2.45, 2.75) is 6.54 Å². The molecule has 23 heavy (non-hydrogen) atoms. The lowest BCUT2D eigenvalue weighted by molar-refractivity contribution is 0.193. The van der Waals surface area contributed by atoms with E-state index in [0.29, 0.717) is 42.8 Å². The molecule has 0 saturated carbocycles. The van der Waals surface area contributed by atoms with Crippen molar-refractivity contribution >= 4 is 34.9 Å². The molecule has 0 unspecified atom stereocenters. The van der Waals surface area contributed by atoms with E-state index in [2.05, 4.69) is 10.2 Å². The molecule has 1 aromatic heterocycles. The van der Waals surface area contributed by atoms with Crippen LogP contribution in [0.3, 0.4) is 0 Å². The Balaban J connectivity index is 1.53. The van der Waals surface area contributed by atoms with E-state index in [1.807, 2.05) is 18.2 Å². The van der Waals surface area contributed by atoms with Crippen LogP contribution in [-0.2, 0) is 6.54 Å². The molecule has 1 aliphatic rings. The normalized spacial score (nSPS) is 14.9. The van der Waals surface area contributed by atoms with Gasteiger partial charge in [-0.3, -0.25) is 0 Å². The molecular weight excluding hydrogens is 337 g/mol. The number of carbonyl (C=O) groups is 1. The van der Waals surface area contributed by atoms with Crippen LogP contribution in [0.5, 0.6) is 0 Å². The third-order valence-corrected chi connectivity index (χ3v) is 4.64. The molecule has 0 spiro atoms. The number of furan rings is 1. The number of rotatable bonds is 3. The molecule has 122 valence electrons. The van der Waals surface area contributed by atoms with Crippen LogP contribution in [0.2, 0.25) is 10.0 Å². The first kappa shape index (κ1) is 16.0. The molecule has 1 aliphatic heterocycles. The van der Waals surface area contributed by atoms with Crippen LogP contribution in [-0.4, -0.2) is 37.1 Å². The minimum Gasteiger partial charge on any atom is -0.467 e. The molecule has 0 bridgehead atoms. The van der Waals surface area contributed by atoms with Crippen LogP contribution in [0.4, 0.5) is 10.5 Å². The average molecular weight is 354 g/mol. The number of carbonyl (C=O) groups excluding carboxylic acids is 1. The highest BCUT2D eigenvalue weighted by Crippen LogP contribution is 2.32. The second kappa shape index (κ2) is 7.15. The second-order valence-corrected chi connectivity index (χ2v) is 6.07. The van der Waals surface area contributed by atoms with Crippen LogP contribution in [0.1, 0.15) is 5.76 Å². The Kier molecular flexibility index (Phi) is 4.98. The zero-order valence-electron chi connectivity index (χ0n) is 12.5. The van der Waals surface area contributed by atoms with Crippen molar-refractivity contribution in [3.8, 4) is 0 Å². The molecular formula is C16H17Cl2N3O2. The van der Waals surface area contributed by atoms with Crippen molar-refractivity contribution in [2.75, 3.05) is 31.1 Å². The molecule has 1 fully saturated rings. The predicted octanol–water partition coefficient (Wildman–Crippen LogP) is 3.62. The summed E-state index contributed by atoms with van der Waals surface area (Å²) in [6.45, 7) is 3.09. The molecule has 0 atom stereocenters. The quantitative estimate of drug-likeness (QED) is 0.916. The number of hydrogen-bond acceptors (Lipinski definition) is 3. The third-order valence-electron chi connectivity index (χ3n) is 3.83. The number of hydrogen-bond donors (Lipinski definition) is 1. The Hall–Kier alpha value is -1.85. The third kappa shape index (κ3) is 3.74. The molecule has 1 N–H and O–H groups in total. The fourth-order valence-electron chi connectivity index (χ4n) is 2.57.